The molecule has 298 valence electrons. The Balaban J connectivity index is 1.00. The van der Waals surface area contributed by atoms with E-state index in [1.54, 1.807) is 0 Å². The maximum absolute atomic E-state index is 4.17. The molecule has 8 aromatic rings. The fourth-order valence-corrected chi connectivity index (χ4v) is 16.8. The summed E-state index contributed by atoms with van der Waals surface area (Å²) in [7, 11) is -0.954. The molecule has 0 radical (unpaired) electrons. The summed E-state index contributed by atoms with van der Waals surface area (Å²) in [5.41, 5.74) is 6.36. The van der Waals surface area contributed by atoms with Gasteiger partial charge in [-0.15, -0.1) is 0 Å². The quantitative estimate of drug-likeness (QED) is 0.113. The number of fused-ring (bicyclic) bond motifs is 2. The topological polar surface area (TPSA) is 24.1 Å². The van der Waals surface area contributed by atoms with Crippen LogP contribution in [-0.4, -0.2) is 24.4 Å². The highest BCUT2D eigenvalue weighted by atomic mass is 31.1. The minimum Gasteiger partial charge on any atom is -0.384 e. The summed E-state index contributed by atoms with van der Waals surface area (Å²) in [6.45, 7) is 1.93. The summed E-state index contributed by atoms with van der Waals surface area (Å²) in [6, 6.07) is 72.8. The molecule has 0 aromatic heterocycles. The van der Waals surface area contributed by atoms with Gasteiger partial charge in [-0.1, -0.05) is 195 Å². The monoisotopic (exact) mass is 816 g/mol. The molecule has 2 N–H and O–H groups in total. The minimum absolute atomic E-state index is 0.477. The molecule has 0 aliphatic heterocycles. The van der Waals surface area contributed by atoms with E-state index in [1.807, 2.05) is 0 Å². The molecule has 4 atom stereocenters. The lowest BCUT2D eigenvalue weighted by molar-refractivity contribution is 0.588. The van der Waals surface area contributed by atoms with E-state index in [1.165, 1.54) is 104 Å². The number of hydrogen-bond donors (Lipinski definition) is 2. The van der Waals surface area contributed by atoms with Gasteiger partial charge in [-0.05, 0) is 120 Å². The Labute approximate surface area is 359 Å². The summed E-state index contributed by atoms with van der Waals surface area (Å²) in [6.07, 6.45) is 7.66. The molecule has 4 heteroatoms. The second-order valence-electron chi connectivity index (χ2n) is 16.8. The van der Waals surface area contributed by atoms with Crippen molar-refractivity contribution in [2.24, 2.45) is 11.8 Å². The van der Waals surface area contributed by atoms with Crippen LogP contribution in [0.3, 0.4) is 0 Å². The first-order valence-corrected chi connectivity index (χ1v) is 24.9. The van der Waals surface area contributed by atoms with Gasteiger partial charge in [0.25, 0.3) is 0 Å². The van der Waals surface area contributed by atoms with Gasteiger partial charge in [-0.25, -0.2) is 0 Å². The van der Waals surface area contributed by atoms with Crippen LogP contribution in [0.1, 0.15) is 38.5 Å². The van der Waals surface area contributed by atoms with E-state index in [0.29, 0.717) is 23.2 Å². The summed E-state index contributed by atoms with van der Waals surface area (Å²) >= 11 is 0. The molecular weight excluding hydrogens is 763 g/mol. The third kappa shape index (κ3) is 8.01. The van der Waals surface area contributed by atoms with E-state index in [4.69, 9.17) is 0 Å². The maximum atomic E-state index is 4.17. The Bertz CT molecular complexity index is 2390. The Morgan fingerprint density at radius 1 is 0.350 bits per heavy atom. The van der Waals surface area contributed by atoms with Crippen molar-refractivity contribution in [3.05, 3.63) is 194 Å². The molecule has 0 heterocycles. The average Bonchev–Trinajstić information content (AvgIpc) is 3.98. The highest BCUT2D eigenvalue weighted by molar-refractivity contribution is 7.74. The summed E-state index contributed by atoms with van der Waals surface area (Å²) < 4.78 is 0. The molecule has 2 aliphatic carbocycles. The van der Waals surface area contributed by atoms with E-state index < -0.39 is 15.8 Å². The molecule has 0 spiro atoms. The Hall–Kier alpha value is -5.26. The first-order valence-electron chi connectivity index (χ1n) is 22.1. The van der Waals surface area contributed by atoms with Crippen LogP contribution in [0.4, 0.5) is 11.4 Å². The standard InChI is InChI=1S/C56H54N2P2/c1-5-23-45(24-6-1)59(46-25-7-2-8-26-46)53-33-17-21-43(53)39-57-51-37-35-41-19-13-15-31-49(41)55(51)56-50-32-16-14-20-42(50)36-38-52(56)58-40-44-22-18-34-54(44)60(47-27-9-3-10-28-47)48-29-11-4-12-30-48/h1-16,19-20,23-32,35-38,43-44,53-54,57-58H,17-18,21-22,33-34,39-40H2. The molecule has 8 aromatic carbocycles. The predicted octanol–water partition coefficient (Wildman–Crippen LogP) is 13.1. The van der Waals surface area contributed by atoms with Crippen molar-refractivity contribution in [1.82, 2.24) is 0 Å². The van der Waals surface area contributed by atoms with E-state index in [2.05, 4.69) is 205 Å². The van der Waals surface area contributed by atoms with Gasteiger partial charge in [0.15, 0.2) is 0 Å². The zero-order chi connectivity index (χ0) is 40.1. The van der Waals surface area contributed by atoms with Crippen LogP contribution in [-0.2, 0) is 0 Å². The lowest BCUT2D eigenvalue weighted by Crippen LogP contribution is -2.28. The molecule has 0 bridgehead atoms. The maximum Gasteiger partial charge on any atom is 0.0427 e. The minimum atomic E-state index is -0.477. The number of rotatable bonds is 13. The lowest BCUT2D eigenvalue weighted by atomic mass is 9.90. The molecule has 4 unspecified atom stereocenters. The zero-order valence-electron chi connectivity index (χ0n) is 34.3. The normalized spacial score (nSPS) is 19.0. The molecular formula is C56H54N2P2. The first-order chi connectivity index (χ1) is 29.8. The molecule has 2 saturated carbocycles. The molecule has 60 heavy (non-hydrogen) atoms. The Morgan fingerprint density at radius 2 is 0.683 bits per heavy atom. The molecule has 0 saturated heterocycles. The lowest BCUT2D eigenvalue weighted by Gasteiger charge is -2.31. The van der Waals surface area contributed by atoms with Gasteiger partial charge in [-0.2, -0.15) is 0 Å². The van der Waals surface area contributed by atoms with Crippen molar-refractivity contribution in [2.45, 2.75) is 49.8 Å². The average molecular weight is 817 g/mol. The smallest absolute Gasteiger partial charge is 0.0427 e. The summed E-state index contributed by atoms with van der Waals surface area (Å²) in [4.78, 5) is 0. The largest absolute Gasteiger partial charge is 0.384 e. The van der Waals surface area contributed by atoms with Crippen LogP contribution in [0.15, 0.2) is 194 Å². The molecule has 2 fully saturated rings. The second kappa shape index (κ2) is 18.2. The van der Waals surface area contributed by atoms with Crippen LogP contribution in [0.5, 0.6) is 0 Å². The third-order valence-corrected chi connectivity index (χ3v) is 19.4. The van der Waals surface area contributed by atoms with Crippen LogP contribution in [0.2, 0.25) is 0 Å². The summed E-state index contributed by atoms with van der Waals surface area (Å²) in [5.74, 6) is 1.17. The van der Waals surface area contributed by atoms with E-state index in [9.17, 15) is 0 Å². The molecule has 2 aliphatic rings. The van der Waals surface area contributed by atoms with Gasteiger partial charge in [0.05, 0.1) is 0 Å². The van der Waals surface area contributed by atoms with Gasteiger partial charge < -0.3 is 10.6 Å². The van der Waals surface area contributed by atoms with Crippen molar-refractivity contribution in [3.8, 4) is 11.1 Å². The Morgan fingerprint density at radius 3 is 1.05 bits per heavy atom. The van der Waals surface area contributed by atoms with Crippen LogP contribution >= 0.6 is 15.8 Å². The van der Waals surface area contributed by atoms with Gasteiger partial charge in [0, 0.05) is 35.6 Å². The third-order valence-electron chi connectivity index (χ3n) is 13.3. The highest BCUT2D eigenvalue weighted by Crippen LogP contribution is 2.52. The van der Waals surface area contributed by atoms with Gasteiger partial charge in [0.1, 0.15) is 0 Å². The second-order valence-corrected chi connectivity index (χ2v) is 21.7. The van der Waals surface area contributed by atoms with Crippen LogP contribution in [0, 0.1) is 11.8 Å². The number of nitrogens with one attached hydrogen (secondary N) is 2. The van der Waals surface area contributed by atoms with Crippen LogP contribution < -0.4 is 31.9 Å². The highest BCUT2D eigenvalue weighted by Gasteiger charge is 2.37. The fraction of sp³-hybridized carbons (Fsp3) is 0.214. The molecule has 2 nitrogen and oxygen atoms in total. The number of hydrogen-bond acceptors (Lipinski definition) is 2. The van der Waals surface area contributed by atoms with E-state index in [-0.39, 0.29) is 0 Å². The first kappa shape index (κ1) is 38.9. The van der Waals surface area contributed by atoms with Crippen molar-refractivity contribution in [3.63, 3.8) is 0 Å². The fourth-order valence-electron chi connectivity index (χ4n) is 10.5. The van der Waals surface area contributed by atoms with Gasteiger partial charge >= 0.3 is 0 Å². The Kier molecular flexibility index (Phi) is 11.8. The molecule has 10 rings (SSSR count). The van der Waals surface area contributed by atoms with Crippen molar-refractivity contribution < 1.29 is 0 Å². The van der Waals surface area contributed by atoms with Gasteiger partial charge in [0.2, 0.25) is 0 Å². The zero-order valence-corrected chi connectivity index (χ0v) is 36.1. The predicted molar refractivity (Wildman–Crippen MR) is 264 cm³/mol. The van der Waals surface area contributed by atoms with Gasteiger partial charge in [-0.3, -0.25) is 0 Å². The SMILES string of the molecule is c1ccc(P(c2ccccc2)C2CCCC2CNc2ccc3ccccc3c2-c2c(NCC3CCCC3P(c3ccccc3)c3ccccc3)ccc3ccccc23)cc1. The van der Waals surface area contributed by atoms with Crippen molar-refractivity contribution in [1.29, 1.82) is 0 Å². The van der Waals surface area contributed by atoms with Crippen LogP contribution in [0.25, 0.3) is 32.7 Å². The van der Waals surface area contributed by atoms with E-state index in [0.717, 1.165) is 13.1 Å². The van der Waals surface area contributed by atoms with Crippen molar-refractivity contribution >= 4 is 70.0 Å². The molecule has 0 amide bonds. The van der Waals surface area contributed by atoms with E-state index >= 15 is 0 Å². The number of anilines is 2. The summed E-state index contributed by atoms with van der Waals surface area (Å²) in [5, 5.41) is 19.5. The number of benzene rings is 8. The van der Waals surface area contributed by atoms with Crippen molar-refractivity contribution in [2.75, 3.05) is 23.7 Å².